The van der Waals surface area contributed by atoms with E-state index in [2.05, 4.69) is 0 Å². The minimum atomic E-state index is -4.83. The largest absolute Gasteiger partial charge is 0.421 e. The number of benzene rings is 2. The van der Waals surface area contributed by atoms with Gasteiger partial charge in [0.1, 0.15) is 10.0 Å². The van der Waals surface area contributed by atoms with E-state index in [9.17, 15) is 31.1 Å². The number of nitrogens with zero attached hydrogens (tertiary/aromatic N) is 2. The van der Waals surface area contributed by atoms with E-state index in [0.29, 0.717) is 25.6 Å². The zero-order valence-electron chi connectivity index (χ0n) is 18.7. The fourth-order valence-electron chi connectivity index (χ4n) is 4.13. The first-order valence-corrected chi connectivity index (χ1v) is 13.2. The second kappa shape index (κ2) is 9.53. The average Bonchev–Trinajstić information content (AvgIpc) is 3.36. The van der Waals surface area contributed by atoms with E-state index in [1.54, 1.807) is 29.6 Å². The molecule has 0 radical (unpaired) electrons. The summed E-state index contributed by atoms with van der Waals surface area (Å²) in [4.78, 5) is 1.94. The van der Waals surface area contributed by atoms with Crippen LogP contribution in [0.15, 0.2) is 70.3 Å². The van der Waals surface area contributed by atoms with Crippen LogP contribution in [0, 0.1) is 5.82 Å². The van der Waals surface area contributed by atoms with Gasteiger partial charge in [0.05, 0.1) is 0 Å². The highest BCUT2D eigenvalue weighted by Crippen LogP contribution is 2.39. The van der Waals surface area contributed by atoms with Crippen LogP contribution in [0.4, 0.5) is 23.2 Å². The van der Waals surface area contributed by atoms with E-state index >= 15 is 0 Å². The minimum absolute atomic E-state index is 0.152. The molecule has 0 spiro atoms. The first-order chi connectivity index (χ1) is 16.4. The molecule has 2 atom stereocenters. The quantitative estimate of drug-likeness (QED) is 0.468. The summed E-state index contributed by atoms with van der Waals surface area (Å²) in [5.41, 5.74) is -1.88. The third-order valence-electron chi connectivity index (χ3n) is 6.23. The molecule has 1 aliphatic rings. The molecule has 11 heteroatoms. The Morgan fingerprint density at radius 1 is 1.03 bits per heavy atom. The zero-order valence-corrected chi connectivity index (χ0v) is 20.4. The lowest BCUT2D eigenvalue weighted by Gasteiger charge is -2.42. The number of hydrogen-bond donors (Lipinski definition) is 1. The van der Waals surface area contributed by atoms with Crippen LogP contribution in [0.1, 0.15) is 18.1 Å². The second-order valence-corrected chi connectivity index (χ2v) is 11.7. The summed E-state index contributed by atoms with van der Waals surface area (Å²) in [5.74, 6) is -0.386. The van der Waals surface area contributed by atoms with Crippen LogP contribution >= 0.6 is 11.3 Å². The lowest BCUT2D eigenvalue weighted by molar-refractivity contribution is -0.258. The van der Waals surface area contributed by atoms with Gasteiger partial charge in [-0.15, -0.1) is 11.3 Å². The molecule has 1 fully saturated rings. The van der Waals surface area contributed by atoms with Gasteiger partial charge in [0.2, 0.25) is 0 Å². The zero-order chi connectivity index (χ0) is 25.4. The van der Waals surface area contributed by atoms with Gasteiger partial charge in [0.25, 0.3) is 10.0 Å². The molecule has 2 heterocycles. The molecular formula is C24H24F4N2O3S2. The predicted octanol–water partition coefficient (Wildman–Crippen LogP) is 4.78. The molecule has 4 rings (SSSR count). The van der Waals surface area contributed by atoms with Crippen LogP contribution < -0.4 is 4.90 Å². The molecule has 0 bridgehead atoms. The highest BCUT2D eigenvalue weighted by molar-refractivity contribution is 7.91. The van der Waals surface area contributed by atoms with E-state index in [-0.39, 0.29) is 34.7 Å². The number of aliphatic hydroxyl groups is 1. The lowest BCUT2D eigenvalue weighted by Crippen LogP contribution is -2.55. The Morgan fingerprint density at radius 2 is 1.69 bits per heavy atom. The van der Waals surface area contributed by atoms with Crippen LogP contribution in [0.5, 0.6) is 0 Å². The number of halogens is 4. The molecule has 0 aliphatic carbocycles. The maximum absolute atomic E-state index is 13.4. The summed E-state index contributed by atoms with van der Waals surface area (Å²) >= 11 is 1.13. The maximum Gasteiger partial charge on any atom is 0.421 e. The molecule has 35 heavy (non-hydrogen) atoms. The second-order valence-electron chi connectivity index (χ2n) is 8.59. The van der Waals surface area contributed by atoms with Crippen LogP contribution in [-0.4, -0.2) is 49.7 Å². The van der Waals surface area contributed by atoms with E-state index in [1.165, 1.54) is 40.7 Å². The Balaban J connectivity index is 1.63. The van der Waals surface area contributed by atoms with Crippen molar-refractivity contribution in [2.75, 3.05) is 24.5 Å². The van der Waals surface area contributed by atoms with E-state index in [1.807, 2.05) is 4.90 Å². The summed E-state index contributed by atoms with van der Waals surface area (Å²) in [6.45, 7) is 1.36. The fourth-order valence-corrected chi connectivity index (χ4v) is 6.74. The van der Waals surface area contributed by atoms with Crippen molar-refractivity contribution in [1.82, 2.24) is 4.31 Å². The lowest BCUT2D eigenvalue weighted by atomic mass is 9.94. The summed E-state index contributed by atoms with van der Waals surface area (Å²) in [5, 5.41) is 11.7. The van der Waals surface area contributed by atoms with Gasteiger partial charge in [-0.2, -0.15) is 17.5 Å². The van der Waals surface area contributed by atoms with E-state index in [4.69, 9.17) is 0 Å². The molecule has 0 unspecified atom stereocenters. The van der Waals surface area contributed by atoms with Gasteiger partial charge in [-0.25, -0.2) is 12.8 Å². The van der Waals surface area contributed by atoms with Crippen molar-refractivity contribution in [3.8, 4) is 0 Å². The third-order valence-corrected chi connectivity index (χ3v) is 9.47. The minimum Gasteiger partial charge on any atom is -0.376 e. The van der Waals surface area contributed by atoms with Gasteiger partial charge in [0.15, 0.2) is 5.60 Å². The number of rotatable bonds is 6. The average molecular weight is 529 g/mol. The Bertz CT molecular complexity index is 1240. The van der Waals surface area contributed by atoms with Crippen molar-refractivity contribution in [2.24, 2.45) is 0 Å². The summed E-state index contributed by atoms with van der Waals surface area (Å²) in [7, 11) is -3.69. The molecule has 3 aromatic rings. The van der Waals surface area contributed by atoms with Crippen LogP contribution in [0.25, 0.3) is 0 Å². The molecule has 188 valence electrons. The highest BCUT2D eigenvalue weighted by atomic mass is 32.2. The van der Waals surface area contributed by atoms with Crippen molar-refractivity contribution >= 4 is 27.0 Å². The number of alkyl halides is 3. The first-order valence-electron chi connectivity index (χ1n) is 10.8. The molecule has 0 saturated carbocycles. The predicted molar refractivity (Wildman–Crippen MR) is 126 cm³/mol. The number of hydrogen-bond acceptors (Lipinski definition) is 5. The Labute approximate surface area is 205 Å². The molecule has 2 aromatic carbocycles. The van der Waals surface area contributed by atoms with Crippen LogP contribution in [0.3, 0.4) is 0 Å². The molecule has 1 aromatic heterocycles. The highest BCUT2D eigenvalue weighted by Gasteiger charge is 2.51. The van der Waals surface area contributed by atoms with E-state index in [0.717, 1.165) is 16.9 Å². The van der Waals surface area contributed by atoms with Gasteiger partial charge >= 0.3 is 6.18 Å². The number of sulfonamides is 1. The third kappa shape index (κ3) is 5.23. The number of piperazine rings is 1. The number of thiophene rings is 1. The Kier molecular flexibility index (Phi) is 6.98. The summed E-state index contributed by atoms with van der Waals surface area (Å²) < 4.78 is 81.0. The Hall–Kier alpha value is -2.47. The topological polar surface area (TPSA) is 60.9 Å². The SMILES string of the molecule is C[C@](O)(c1ccc(N2CCN(S(=O)(=O)c3cccs3)C[C@@H]2Cc2ccc(F)cc2)cc1)C(F)(F)F. The number of anilines is 1. The monoisotopic (exact) mass is 528 g/mol. The smallest absolute Gasteiger partial charge is 0.376 e. The van der Waals surface area contributed by atoms with E-state index < -0.39 is 21.8 Å². The van der Waals surface area contributed by atoms with Crippen molar-refractivity contribution in [3.05, 3.63) is 83.0 Å². The standard InChI is InChI=1S/C24H24F4N2O3S2/c1-23(31,24(26,27)28)18-6-10-20(11-7-18)30-13-12-29(35(32,33)22-3-2-14-34-22)16-21(30)15-17-4-8-19(25)9-5-17/h2-11,14,21,31H,12-13,15-16H2,1H3/t21-,23-/m0/s1. The molecule has 5 nitrogen and oxygen atoms in total. The molecule has 1 aliphatic heterocycles. The molecule has 1 N–H and O–H groups in total. The van der Waals surface area contributed by atoms with Crippen LogP contribution in [-0.2, 0) is 22.0 Å². The molecule has 0 amide bonds. The van der Waals surface area contributed by atoms with Crippen LogP contribution in [0.2, 0.25) is 0 Å². The van der Waals surface area contributed by atoms with Crippen molar-refractivity contribution in [3.63, 3.8) is 0 Å². The molecular weight excluding hydrogens is 504 g/mol. The summed E-state index contributed by atoms with van der Waals surface area (Å²) in [6, 6.07) is 14.2. The van der Waals surface area contributed by atoms with Gasteiger partial charge in [0, 0.05) is 31.4 Å². The maximum atomic E-state index is 13.4. The van der Waals surface area contributed by atoms with Gasteiger partial charge in [-0.1, -0.05) is 30.3 Å². The normalized spacial score (nSPS) is 19.5. The first kappa shape index (κ1) is 25.6. The molecule has 1 saturated heterocycles. The summed E-state index contributed by atoms with van der Waals surface area (Å²) in [6.07, 6.45) is -4.43. The van der Waals surface area contributed by atoms with Crippen molar-refractivity contribution in [1.29, 1.82) is 0 Å². The van der Waals surface area contributed by atoms with Gasteiger partial charge < -0.3 is 10.0 Å². The van der Waals surface area contributed by atoms with Crippen molar-refractivity contribution < 1.29 is 31.1 Å². The van der Waals surface area contributed by atoms with Crippen molar-refractivity contribution in [2.45, 2.75) is 35.4 Å². The van der Waals surface area contributed by atoms with Gasteiger partial charge in [-0.3, -0.25) is 0 Å². The Morgan fingerprint density at radius 3 is 2.26 bits per heavy atom. The fraction of sp³-hybridized carbons (Fsp3) is 0.333. The van der Waals surface area contributed by atoms with Gasteiger partial charge in [-0.05, 0) is 60.2 Å².